The molecule has 4 saturated carbocycles. The van der Waals surface area contributed by atoms with Gasteiger partial charge in [-0.25, -0.2) is 18.0 Å². The monoisotopic (exact) mass is 638 g/mol. The van der Waals surface area contributed by atoms with Crippen LogP contribution in [0.4, 0.5) is 4.79 Å². The highest BCUT2D eigenvalue weighted by atomic mass is 32.2. The number of hydrogen-bond acceptors (Lipinski definition) is 7. The first-order chi connectivity index (χ1) is 21.5. The largest absolute Gasteiger partial charge is 0.446 e. The minimum Gasteiger partial charge on any atom is -0.446 e. The second-order valence-corrected chi connectivity index (χ2v) is 16.8. The van der Waals surface area contributed by atoms with Gasteiger partial charge in [-0.3, -0.25) is 0 Å². The molecule has 2 aromatic rings. The third-order valence-electron chi connectivity index (χ3n) is 13.1. The van der Waals surface area contributed by atoms with Gasteiger partial charge in [0.05, 0.1) is 16.8 Å². The summed E-state index contributed by atoms with van der Waals surface area (Å²) >= 11 is 0. The van der Waals surface area contributed by atoms with E-state index in [1.54, 1.807) is 41.5 Å². The van der Waals surface area contributed by atoms with Gasteiger partial charge < -0.3 is 19.2 Å². The summed E-state index contributed by atoms with van der Waals surface area (Å²) in [5, 5.41) is 12.5. The Balaban J connectivity index is 0.973. The van der Waals surface area contributed by atoms with E-state index in [4.69, 9.17) is 9.15 Å². The van der Waals surface area contributed by atoms with Crippen LogP contribution in [0, 0.1) is 28.6 Å². The Kier molecular flexibility index (Phi) is 7.72. The van der Waals surface area contributed by atoms with Crippen molar-refractivity contribution in [2.45, 2.75) is 94.2 Å². The molecule has 10 heteroatoms. The van der Waals surface area contributed by atoms with Gasteiger partial charge in [-0.15, -0.1) is 0 Å². The summed E-state index contributed by atoms with van der Waals surface area (Å²) in [4.78, 5) is 26.7. The highest BCUT2D eigenvalue weighted by molar-refractivity contribution is 7.89. The number of carbonyl (C=O) groups excluding carboxylic acids is 1. The van der Waals surface area contributed by atoms with Gasteiger partial charge in [-0.1, -0.05) is 32.0 Å². The molecule has 1 aliphatic heterocycles. The van der Waals surface area contributed by atoms with Crippen molar-refractivity contribution in [3.63, 3.8) is 0 Å². The van der Waals surface area contributed by atoms with Crippen molar-refractivity contribution in [3.8, 4) is 0 Å². The predicted octanol–water partition coefficient (Wildman–Crippen LogP) is 5.39. The number of rotatable bonds is 4. The van der Waals surface area contributed by atoms with E-state index in [0.717, 1.165) is 63.4 Å². The SMILES string of the molecule is C[C@]12CC[C@H](OC(=O)N3CCN(S(=O)(=O)c4ccccc4)CC3)C[C@H]1CC[C@@H]1[C@@H]2CC[C@]2(C)[C@@H](c3ccc(=O)oc3)CC[C@]12O. The second kappa shape index (κ2) is 11.2. The molecular weight excluding hydrogens is 592 g/mol. The van der Waals surface area contributed by atoms with Gasteiger partial charge in [0.1, 0.15) is 6.10 Å². The summed E-state index contributed by atoms with van der Waals surface area (Å²) in [6, 6.07) is 11.8. The molecule has 244 valence electrons. The van der Waals surface area contributed by atoms with Crippen LogP contribution in [-0.2, 0) is 14.8 Å². The molecule has 1 amide bonds. The maximum Gasteiger partial charge on any atom is 0.410 e. The fourth-order valence-electron chi connectivity index (χ4n) is 10.5. The number of aliphatic hydroxyl groups is 1. The summed E-state index contributed by atoms with van der Waals surface area (Å²) < 4.78 is 38.8. The minimum atomic E-state index is -3.58. The lowest BCUT2D eigenvalue weighted by Gasteiger charge is -2.63. The standard InChI is InChI=1S/C35H46N2O7S/c1-33-15-12-26(44-32(39)36-18-20-37(21-19-36)45(41,42)27-6-4-3-5-7-27)22-25(33)9-10-30-29(33)13-16-34(2)28(14-17-35(30,34)40)24-8-11-31(38)43-23-24/h3-8,11,23,25-26,28-30,40H,9-10,12-22H2,1-2H3/t25-,26+,28-,29+,30-,33+,34-,35+/m1/s1. The van der Waals surface area contributed by atoms with Crippen molar-refractivity contribution in [1.82, 2.24) is 9.21 Å². The molecule has 0 unspecified atom stereocenters. The summed E-state index contributed by atoms with van der Waals surface area (Å²) in [7, 11) is -3.58. The van der Waals surface area contributed by atoms with E-state index in [-0.39, 0.29) is 58.5 Å². The molecule has 5 fully saturated rings. The van der Waals surface area contributed by atoms with Gasteiger partial charge in [-0.2, -0.15) is 4.31 Å². The lowest BCUT2D eigenvalue weighted by atomic mass is 9.43. The topological polar surface area (TPSA) is 117 Å². The second-order valence-electron chi connectivity index (χ2n) is 14.8. The number of amides is 1. The molecule has 45 heavy (non-hydrogen) atoms. The summed E-state index contributed by atoms with van der Waals surface area (Å²) in [6.45, 7) is 5.81. The van der Waals surface area contributed by atoms with Crippen LogP contribution in [0.1, 0.15) is 83.1 Å². The molecule has 2 heterocycles. The average Bonchev–Trinajstić information content (AvgIpc) is 3.33. The number of benzene rings is 1. The third-order valence-corrected chi connectivity index (χ3v) is 15.0. The number of carbonyl (C=O) groups is 1. The van der Waals surface area contributed by atoms with E-state index < -0.39 is 15.6 Å². The first-order valence-electron chi connectivity index (χ1n) is 16.8. The number of hydrogen-bond donors (Lipinski definition) is 1. The van der Waals surface area contributed by atoms with Gasteiger partial charge in [-0.05, 0) is 111 Å². The fraction of sp³-hybridized carbons (Fsp3) is 0.657. The first-order valence-corrected chi connectivity index (χ1v) is 18.2. The summed E-state index contributed by atoms with van der Waals surface area (Å²) in [6.07, 6.45) is 9.43. The average molecular weight is 639 g/mol. The van der Waals surface area contributed by atoms with E-state index in [0.29, 0.717) is 24.9 Å². The van der Waals surface area contributed by atoms with Crippen LogP contribution in [0.2, 0.25) is 0 Å². The quantitative estimate of drug-likeness (QED) is 0.477. The van der Waals surface area contributed by atoms with Gasteiger partial charge >= 0.3 is 11.7 Å². The first kappa shape index (κ1) is 30.9. The Hall–Kier alpha value is -2.69. The Bertz CT molecular complexity index is 1570. The molecule has 0 spiro atoms. The molecule has 7 rings (SSSR count). The molecule has 0 radical (unpaired) electrons. The molecule has 1 aromatic carbocycles. The van der Waals surface area contributed by atoms with E-state index in [1.165, 1.54) is 10.4 Å². The Labute approximate surface area is 266 Å². The lowest BCUT2D eigenvalue weighted by molar-refractivity contribution is -0.205. The molecule has 9 nitrogen and oxygen atoms in total. The maximum absolute atomic E-state index is 13.2. The van der Waals surface area contributed by atoms with Gasteiger partial charge in [0.25, 0.3) is 0 Å². The molecule has 5 aliphatic rings. The minimum absolute atomic E-state index is 0.0952. The predicted molar refractivity (Wildman–Crippen MR) is 168 cm³/mol. The van der Waals surface area contributed by atoms with E-state index in [9.17, 15) is 23.1 Å². The molecule has 1 saturated heterocycles. The normalized spacial score (nSPS) is 38.6. The summed E-state index contributed by atoms with van der Waals surface area (Å²) in [5.41, 5.74) is -0.227. The Morgan fingerprint density at radius 1 is 0.911 bits per heavy atom. The van der Waals surface area contributed by atoms with Crippen LogP contribution in [0.5, 0.6) is 0 Å². The smallest absolute Gasteiger partial charge is 0.410 e. The molecular formula is C35H46N2O7S. The highest BCUT2D eigenvalue weighted by Gasteiger charge is 2.67. The fourth-order valence-corrected chi connectivity index (χ4v) is 11.9. The van der Waals surface area contributed by atoms with Crippen LogP contribution >= 0.6 is 0 Å². The molecule has 4 aliphatic carbocycles. The Morgan fingerprint density at radius 3 is 2.38 bits per heavy atom. The van der Waals surface area contributed by atoms with Crippen molar-refractivity contribution in [2.75, 3.05) is 26.2 Å². The van der Waals surface area contributed by atoms with Crippen molar-refractivity contribution in [1.29, 1.82) is 0 Å². The third kappa shape index (κ3) is 4.97. The zero-order valence-corrected chi connectivity index (χ0v) is 27.2. The van der Waals surface area contributed by atoms with Crippen LogP contribution in [-0.4, -0.2) is 66.7 Å². The number of sulfonamides is 1. The van der Waals surface area contributed by atoms with Gasteiger partial charge in [0.15, 0.2) is 0 Å². The zero-order valence-electron chi connectivity index (χ0n) is 26.4. The maximum atomic E-state index is 13.2. The van der Waals surface area contributed by atoms with Gasteiger partial charge in [0, 0.05) is 37.7 Å². The molecule has 0 bridgehead atoms. The summed E-state index contributed by atoms with van der Waals surface area (Å²) in [5.74, 6) is 1.28. The van der Waals surface area contributed by atoms with Crippen molar-refractivity contribution < 1.29 is 27.5 Å². The highest BCUT2D eigenvalue weighted by Crippen LogP contribution is 2.70. The number of piperazine rings is 1. The van der Waals surface area contributed by atoms with Crippen LogP contribution < -0.4 is 5.63 Å². The van der Waals surface area contributed by atoms with Crippen molar-refractivity contribution >= 4 is 16.1 Å². The number of nitrogens with zero attached hydrogens (tertiary/aromatic N) is 2. The van der Waals surface area contributed by atoms with E-state index in [1.807, 2.05) is 6.07 Å². The molecule has 1 N–H and O–H groups in total. The van der Waals surface area contributed by atoms with Crippen LogP contribution in [0.3, 0.4) is 0 Å². The number of ether oxygens (including phenoxy) is 1. The zero-order chi connectivity index (χ0) is 31.6. The number of fused-ring (bicyclic) bond motifs is 5. The Morgan fingerprint density at radius 2 is 1.67 bits per heavy atom. The molecule has 1 aromatic heterocycles. The van der Waals surface area contributed by atoms with Crippen LogP contribution in [0.15, 0.2) is 62.8 Å². The van der Waals surface area contributed by atoms with E-state index >= 15 is 0 Å². The van der Waals surface area contributed by atoms with Crippen molar-refractivity contribution in [3.05, 3.63) is 64.7 Å². The lowest BCUT2D eigenvalue weighted by Crippen LogP contribution is -2.62. The molecule has 8 atom stereocenters. The van der Waals surface area contributed by atoms with E-state index in [2.05, 4.69) is 13.8 Å². The van der Waals surface area contributed by atoms with Crippen LogP contribution in [0.25, 0.3) is 0 Å². The van der Waals surface area contributed by atoms with Crippen molar-refractivity contribution in [2.24, 2.45) is 28.6 Å². The van der Waals surface area contributed by atoms with Gasteiger partial charge in [0.2, 0.25) is 10.0 Å².